The predicted molar refractivity (Wildman–Crippen MR) is 88.2 cm³/mol. The van der Waals surface area contributed by atoms with Gasteiger partial charge < -0.3 is 32.2 Å². The van der Waals surface area contributed by atoms with E-state index in [9.17, 15) is 9.90 Å². The number of halogens is 2. The first-order valence-corrected chi connectivity index (χ1v) is 7.81. The van der Waals surface area contributed by atoms with Crippen LogP contribution in [0.4, 0.5) is 0 Å². The molecule has 1 amide bonds. The van der Waals surface area contributed by atoms with E-state index in [1.165, 1.54) is 0 Å². The minimum Gasteiger partial charge on any atom is -1.00 e. The van der Waals surface area contributed by atoms with Crippen molar-refractivity contribution in [2.24, 2.45) is 0 Å². The molecule has 22 heavy (non-hydrogen) atoms. The third-order valence-corrected chi connectivity index (χ3v) is 3.83. The lowest BCUT2D eigenvalue weighted by atomic mass is 10.1. The van der Waals surface area contributed by atoms with Crippen molar-refractivity contribution in [2.75, 3.05) is 47.2 Å². The van der Waals surface area contributed by atoms with Crippen molar-refractivity contribution < 1.29 is 26.8 Å². The summed E-state index contributed by atoms with van der Waals surface area (Å²) in [6.07, 6.45) is 1.14. The minimum atomic E-state index is -0.584. The number of aliphatic hydroxyl groups is 1. The molecule has 2 atom stereocenters. The summed E-state index contributed by atoms with van der Waals surface area (Å²) in [5.41, 5.74) is 0.491. The molecule has 5 nitrogen and oxygen atoms in total. The molecule has 0 heterocycles. The number of alkyl halides is 1. The van der Waals surface area contributed by atoms with Crippen LogP contribution in [0.3, 0.4) is 0 Å². The normalized spacial score (nSPS) is 14.2. The zero-order chi connectivity index (χ0) is 16.6. The van der Waals surface area contributed by atoms with Crippen molar-refractivity contribution >= 4 is 17.5 Å². The van der Waals surface area contributed by atoms with E-state index in [0.717, 1.165) is 19.4 Å². The molecular weight excluding hydrogens is 325 g/mol. The molecule has 0 saturated heterocycles. The number of carbonyl (C=O) groups is 1. The van der Waals surface area contributed by atoms with E-state index in [1.807, 2.05) is 28.2 Å². The Bertz CT molecular complexity index is 350. The topological polar surface area (TPSA) is 52.6 Å². The van der Waals surface area contributed by atoms with E-state index < -0.39 is 6.10 Å². The summed E-state index contributed by atoms with van der Waals surface area (Å²) in [7, 11) is 8.04. The smallest absolute Gasteiger partial charge is 0.250 e. The van der Waals surface area contributed by atoms with Crippen LogP contribution in [-0.2, 0) is 4.79 Å². The molecule has 0 aliphatic heterocycles. The van der Waals surface area contributed by atoms with Gasteiger partial charge in [-0.3, -0.25) is 4.79 Å². The Kier molecular flexibility index (Phi) is 12.2. The second-order valence-electron chi connectivity index (χ2n) is 6.48. The average Bonchev–Trinajstić information content (AvgIpc) is 2.35. The van der Waals surface area contributed by atoms with Crippen LogP contribution in [0.5, 0.6) is 0 Å². The van der Waals surface area contributed by atoms with Gasteiger partial charge in [0.15, 0.2) is 6.17 Å². The standard InChI is InChI=1S/C15H30ClN3O2.ClH/c1-12(2)15(21)17-14(8-7-9-18(3)4)19(5,6)11-13(20)10-16;/h13-14,20H,1,7-11H2,2-6H3;1H. The highest BCUT2D eigenvalue weighted by Crippen LogP contribution is 2.13. The van der Waals surface area contributed by atoms with E-state index in [4.69, 9.17) is 11.6 Å². The first kappa shape index (κ1) is 23.9. The van der Waals surface area contributed by atoms with Gasteiger partial charge in [-0.2, -0.15) is 0 Å². The summed E-state index contributed by atoms with van der Waals surface area (Å²) < 4.78 is 0.486. The molecule has 0 spiro atoms. The fourth-order valence-electron chi connectivity index (χ4n) is 2.19. The van der Waals surface area contributed by atoms with Crippen LogP contribution in [0.25, 0.3) is 0 Å². The molecule has 0 aliphatic rings. The van der Waals surface area contributed by atoms with Crippen LogP contribution in [0.15, 0.2) is 12.2 Å². The number of quaternary nitrogens is 1. The lowest BCUT2D eigenvalue weighted by molar-refractivity contribution is -0.920. The van der Waals surface area contributed by atoms with Crippen LogP contribution in [0.2, 0.25) is 0 Å². The molecule has 0 aliphatic carbocycles. The van der Waals surface area contributed by atoms with E-state index in [1.54, 1.807) is 6.92 Å². The summed E-state index contributed by atoms with van der Waals surface area (Å²) in [5.74, 6) is 0.0528. The minimum absolute atomic E-state index is 0. The quantitative estimate of drug-likeness (QED) is 0.207. The second-order valence-corrected chi connectivity index (χ2v) is 6.79. The van der Waals surface area contributed by atoms with Crippen LogP contribution in [0.1, 0.15) is 19.8 Å². The molecule has 0 aromatic carbocycles. The molecule has 0 aromatic rings. The largest absolute Gasteiger partial charge is 1.00 e. The van der Waals surface area contributed by atoms with Crippen molar-refractivity contribution in [3.8, 4) is 0 Å². The van der Waals surface area contributed by atoms with Gasteiger partial charge in [-0.1, -0.05) is 6.58 Å². The third kappa shape index (κ3) is 9.64. The van der Waals surface area contributed by atoms with Crippen molar-refractivity contribution in [2.45, 2.75) is 32.0 Å². The van der Waals surface area contributed by atoms with E-state index in [2.05, 4.69) is 16.8 Å². The number of hydrogen-bond donors (Lipinski definition) is 2. The van der Waals surface area contributed by atoms with Crippen LogP contribution in [0, 0.1) is 0 Å². The number of hydrogen-bond acceptors (Lipinski definition) is 3. The molecule has 0 saturated carbocycles. The molecule has 0 fully saturated rings. The number of rotatable bonds is 10. The van der Waals surface area contributed by atoms with Crippen molar-refractivity contribution in [1.29, 1.82) is 0 Å². The van der Waals surface area contributed by atoms with Gasteiger partial charge in [0.2, 0.25) is 0 Å². The maximum absolute atomic E-state index is 11.9. The summed E-state index contributed by atoms with van der Waals surface area (Å²) in [6, 6.07) is 0. The molecule has 132 valence electrons. The Morgan fingerprint density at radius 2 is 1.95 bits per heavy atom. The summed E-state index contributed by atoms with van der Waals surface area (Å²) >= 11 is 5.70. The number of amides is 1. The molecular formula is C15H31Cl2N3O2. The van der Waals surface area contributed by atoms with Crippen molar-refractivity contribution in [1.82, 2.24) is 10.2 Å². The van der Waals surface area contributed by atoms with Gasteiger partial charge in [0.05, 0.1) is 20.0 Å². The fraction of sp³-hybridized carbons (Fsp3) is 0.800. The summed E-state index contributed by atoms with van der Waals surface area (Å²) in [5, 5.41) is 12.8. The Hall–Kier alpha value is -0.330. The van der Waals surface area contributed by atoms with Crippen LogP contribution >= 0.6 is 11.6 Å². The Balaban J connectivity index is 0. The maximum atomic E-state index is 11.9. The van der Waals surface area contributed by atoms with Gasteiger partial charge in [-0.05, 0) is 34.0 Å². The summed E-state index contributed by atoms with van der Waals surface area (Å²) in [6.45, 7) is 6.82. The molecule has 0 radical (unpaired) electrons. The maximum Gasteiger partial charge on any atom is 0.250 e. The van der Waals surface area contributed by atoms with Crippen LogP contribution < -0.4 is 17.7 Å². The van der Waals surface area contributed by atoms with Gasteiger partial charge in [-0.15, -0.1) is 11.6 Å². The fourth-order valence-corrected chi connectivity index (χ4v) is 2.29. The van der Waals surface area contributed by atoms with Gasteiger partial charge in [-0.25, -0.2) is 0 Å². The van der Waals surface area contributed by atoms with E-state index in [-0.39, 0.29) is 30.4 Å². The Morgan fingerprint density at radius 3 is 2.36 bits per heavy atom. The zero-order valence-electron chi connectivity index (χ0n) is 14.4. The van der Waals surface area contributed by atoms with Crippen molar-refractivity contribution in [3.63, 3.8) is 0 Å². The van der Waals surface area contributed by atoms with Gasteiger partial charge >= 0.3 is 0 Å². The van der Waals surface area contributed by atoms with Gasteiger partial charge in [0.25, 0.3) is 5.91 Å². The molecule has 2 unspecified atom stereocenters. The number of aliphatic hydroxyl groups excluding tert-OH is 1. The number of carbonyl (C=O) groups excluding carboxylic acids is 1. The molecule has 7 heteroatoms. The first-order chi connectivity index (χ1) is 9.60. The SMILES string of the molecule is C=C(C)C(=O)NC(CCCN(C)C)[N+](C)(C)CC(O)CCl.[Cl-]. The lowest BCUT2D eigenvalue weighted by Gasteiger charge is -2.39. The Labute approximate surface area is 146 Å². The average molecular weight is 356 g/mol. The lowest BCUT2D eigenvalue weighted by Crippen LogP contribution is -3.00. The molecule has 2 N–H and O–H groups in total. The zero-order valence-corrected chi connectivity index (χ0v) is 15.9. The summed E-state index contributed by atoms with van der Waals surface area (Å²) in [4.78, 5) is 14.0. The highest BCUT2D eigenvalue weighted by atomic mass is 35.5. The molecule has 0 rings (SSSR count). The molecule has 0 aromatic heterocycles. The van der Waals surface area contributed by atoms with Gasteiger partial charge in [0, 0.05) is 12.0 Å². The highest BCUT2D eigenvalue weighted by Gasteiger charge is 2.31. The monoisotopic (exact) mass is 355 g/mol. The van der Waals surface area contributed by atoms with E-state index in [0.29, 0.717) is 16.6 Å². The molecule has 0 bridgehead atoms. The van der Waals surface area contributed by atoms with E-state index >= 15 is 0 Å². The van der Waals surface area contributed by atoms with Crippen molar-refractivity contribution in [3.05, 3.63) is 12.2 Å². The van der Waals surface area contributed by atoms with Crippen LogP contribution in [-0.4, -0.2) is 79.8 Å². The number of likely N-dealkylation sites (N-methyl/N-ethyl adjacent to an activating group) is 1. The Morgan fingerprint density at radius 1 is 1.41 bits per heavy atom. The first-order valence-electron chi connectivity index (χ1n) is 7.28. The highest BCUT2D eigenvalue weighted by molar-refractivity contribution is 6.18. The second kappa shape index (κ2) is 11.2. The number of nitrogens with zero attached hydrogens (tertiary/aromatic N) is 2. The number of nitrogens with one attached hydrogen (secondary N) is 1. The third-order valence-electron chi connectivity index (χ3n) is 3.47. The van der Waals surface area contributed by atoms with Gasteiger partial charge in [0.1, 0.15) is 12.6 Å². The predicted octanol–water partition coefficient (Wildman–Crippen LogP) is -1.97.